The Hall–Kier alpha value is -3.14. The van der Waals surface area contributed by atoms with Crippen LogP contribution < -0.4 is 0 Å². The van der Waals surface area contributed by atoms with Crippen molar-refractivity contribution in [1.82, 2.24) is 18.9 Å². The van der Waals surface area contributed by atoms with Crippen LogP contribution in [-0.4, -0.2) is 18.9 Å². The predicted octanol–water partition coefficient (Wildman–Crippen LogP) is 4.35. The quantitative estimate of drug-likeness (QED) is 0.461. The molecule has 116 valence electrons. The van der Waals surface area contributed by atoms with Crippen LogP contribution in [0, 0.1) is 6.92 Å². The molecule has 4 heteroatoms. The molecule has 0 aliphatic rings. The Morgan fingerprint density at radius 2 is 1.92 bits per heavy atom. The zero-order valence-corrected chi connectivity index (χ0v) is 13.6. The lowest BCUT2D eigenvalue weighted by Gasteiger charge is -2.11. The van der Waals surface area contributed by atoms with Crippen molar-refractivity contribution in [1.29, 1.82) is 0 Å². The van der Waals surface area contributed by atoms with Crippen LogP contribution in [0.15, 0.2) is 61.2 Å². The highest BCUT2D eigenvalue weighted by molar-refractivity contribution is 5.99. The van der Waals surface area contributed by atoms with Crippen molar-refractivity contribution in [3.63, 3.8) is 0 Å². The second-order valence-corrected chi connectivity index (χ2v) is 6.24. The van der Waals surface area contributed by atoms with Crippen LogP contribution in [0.2, 0.25) is 0 Å². The molecule has 5 aromatic rings. The summed E-state index contributed by atoms with van der Waals surface area (Å²) < 4.78 is 4.23. The number of rotatable bonds is 1. The number of hydrogen-bond acceptors (Lipinski definition) is 2. The van der Waals surface area contributed by atoms with E-state index in [2.05, 4.69) is 70.5 Å². The molecule has 3 heterocycles. The van der Waals surface area contributed by atoms with Crippen LogP contribution in [0.3, 0.4) is 0 Å². The molecular formula is C20H16N4. The summed E-state index contributed by atoms with van der Waals surface area (Å²) in [7, 11) is 2.08. The van der Waals surface area contributed by atoms with Gasteiger partial charge in [0.25, 0.3) is 0 Å². The Morgan fingerprint density at radius 1 is 1.04 bits per heavy atom. The van der Waals surface area contributed by atoms with Crippen molar-refractivity contribution in [3.8, 4) is 11.4 Å². The summed E-state index contributed by atoms with van der Waals surface area (Å²) in [6.45, 7) is 2.15. The number of hydrogen-bond donors (Lipinski definition) is 0. The SMILES string of the molecule is Cc1ccc2cn3cncc3cc2c1-c1nc2ccccc2n1C. The van der Waals surface area contributed by atoms with Gasteiger partial charge in [0.15, 0.2) is 0 Å². The van der Waals surface area contributed by atoms with Gasteiger partial charge in [-0.25, -0.2) is 9.97 Å². The summed E-state index contributed by atoms with van der Waals surface area (Å²) >= 11 is 0. The van der Waals surface area contributed by atoms with Gasteiger partial charge in [0, 0.05) is 18.8 Å². The average molecular weight is 312 g/mol. The summed E-state index contributed by atoms with van der Waals surface area (Å²) in [4.78, 5) is 9.15. The van der Waals surface area contributed by atoms with Gasteiger partial charge < -0.3 is 8.97 Å². The summed E-state index contributed by atoms with van der Waals surface area (Å²) in [5, 5.41) is 2.40. The molecule has 0 unspecified atom stereocenters. The minimum absolute atomic E-state index is 1.00. The van der Waals surface area contributed by atoms with Gasteiger partial charge in [-0.05, 0) is 41.5 Å². The fraction of sp³-hybridized carbons (Fsp3) is 0.100. The first kappa shape index (κ1) is 13.3. The van der Waals surface area contributed by atoms with E-state index >= 15 is 0 Å². The molecule has 0 spiro atoms. The second kappa shape index (κ2) is 4.68. The molecule has 0 atom stereocenters. The fourth-order valence-electron chi connectivity index (χ4n) is 3.51. The van der Waals surface area contributed by atoms with Gasteiger partial charge in [-0.3, -0.25) is 0 Å². The van der Waals surface area contributed by atoms with E-state index in [-0.39, 0.29) is 0 Å². The van der Waals surface area contributed by atoms with Gasteiger partial charge in [-0.2, -0.15) is 0 Å². The number of para-hydroxylation sites is 2. The van der Waals surface area contributed by atoms with E-state index in [1.807, 2.05) is 18.6 Å². The van der Waals surface area contributed by atoms with Crippen LogP contribution in [0.5, 0.6) is 0 Å². The lowest BCUT2D eigenvalue weighted by atomic mass is 10.00. The summed E-state index contributed by atoms with van der Waals surface area (Å²) in [6.07, 6.45) is 5.85. The minimum Gasteiger partial charge on any atom is -0.327 e. The molecule has 0 amide bonds. The molecular weight excluding hydrogens is 296 g/mol. The third-order valence-electron chi connectivity index (χ3n) is 4.76. The van der Waals surface area contributed by atoms with Crippen molar-refractivity contribution in [3.05, 3.63) is 66.7 Å². The van der Waals surface area contributed by atoms with E-state index in [1.165, 1.54) is 21.9 Å². The van der Waals surface area contributed by atoms with Crippen molar-refractivity contribution in [2.45, 2.75) is 6.92 Å². The highest BCUT2D eigenvalue weighted by Crippen LogP contribution is 2.33. The van der Waals surface area contributed by atoms with Crippen molar-refractivity contribution < 1.29 is 0 Å². The van der Waals surface area contributed by atoms with Crippen molar-refractivity contribution in [2.24, 2.45) is 7.05 Å². The number of imidazole rings is 2. The topological polar surface area (TPSA) is 35.1 Å². The molecule has 24 heavy (non-hydrogen) atoms. The zero-order valence-electron chi connectivity index (χ0n) is 13.6. The van der Waals surface area contributed by atoms with Gasteiger partial charge in [0.05, 0.1) is 29.1 Å². The van der Waals surface area contributed by atoms with Crippen LogP contribution in [0.25, 0.3) is 38.7 Å². The number of nitrogens with zero attached hydrogens (tertiary/aromatic N) is 4. The molecule has 0 radical (unpaired) electrons. The van der Waals surface area contributed by atoms with Crippen LogP contribution in [-0.2, 0) is 7.05 Å². The lowest BCUT2D eigenvalue weighted by molar-refractivity contribution is 0.959. The van der Waals surface area contributed by atoms with Crippen LogP contribution >= 0.6 is 0 Å². The van der Waals surface area contributed by atoms with E-state index in [1.54, 1.807) is 0 Å². The Kier molecular flexibility index (Phi) is 2.59. The standard InChI is InChI=1S/C20H16N4/c1-13-7-8-14-11-24-12-21-10-15(24)9-16(14)19(13)20-22-17-5-3-4-6-18(17)23(20)2/h3-12H,1-2H3. The summed E-state index contributed by atoms with van der Waals surface area (Å²) in [5.41, 5.74) is 5.68. The van der Waals surface area contributed by atoms with E-state index in [9.17, 15) is 0 Å². The molecule has 0 bridgehead atoms. The predicted molar refractivity (Wildman–Crippen MR) is 97.1 cm³/mol. The molecule has 0 saturated heterocycles. The maximum absolute atomic E-state index is 4.90. The molecule has 0 saturated carbocycles. The largest absolute Gasteiger partial charge is 0.327 e. The minimum atomic E-state index is 1.00. The lowest BCUT2D eigenvalue weighted by Crippen LogP contribution is -1.96. The van der Waals surface area contributed by atoms with Gasteiger partial charge >= 0.3 is 0 Å². The molecule has 4 nitrogen and oxygen atoms in total. The van der Waals surface area contributed by atoms with Crippen LogP contribution in [0.4, 0.5) is 0 Å². The van der Waals surface area contributed by atoms with Gasteiger partial charge in [0.1, 0.15) is 5.82 Å². The Morgan fingerprint density at radius 3 is 2.79 bits per heavy atom. The molecule has 0 aliphatic heterocycles. The van der Waals surface area contributed by atoms with E-state index < -0.39 is 0 Å². The van der Waals surface area contributed by atoms with Crippen molar-refractivity contribution >= 4 is 27.3 Å². The highest BCUT2D eigenvalue weighted by atomic mass is 15.1. The molecule has 0 aliphatic carbocycles. The number of aromatic nitrogens is 4. The third kappa shape index (κ3) is 1.74. The normalized spacial score (nSPS) is 11.8. The molecule has 2 aromatic carbocycles. The fourth-order valence-corrected chi connectivity index (χ4v) is 3.51. The third-order valence-corrected chi connectivity index (χ3v) is 4.76. The maximum Gasteiger partial charge on any atom is 0.141 e. The van der Waals surface area contributed by atoms with E-state index in [0.717, 1.165) is 22.4 Å². The maximum atomic E-state index is 4.90. The zero-order chi connectivity index (χ0) is 16.3. The summed E-state index contributed by atoms with van der Waals surface area (Å²) in [5.74, 6) is 1.00. The summed E-state index contributed by atoms with van der Waals surface area (Å²) in [6, 6.07) is 14.8. The van der Waals surface area contributed by atoms with E-state index in [4.69, 9.17) is 4.98 Å². The first-order chi connectivity index (χ1) is 11.7. The monoisotopic (exact) mass is 312 g/mol. The number of pyridine rings is 1. The highest BCUT2D eigenvalue weighted by Gasteiger charge is 2.15. The first-order valence-corrected chi connectivity index (χ1v) is 7.99. The Bertz CT molecular complexity index is 1230. The smallest absolute Gasteiger partial charge is 0.141 e. The first-order valence-electron chi connectivity index (χ1n) is 7.99. The van der Waals surface area contributed by atoms with Gasteiger partial charge in [-0.1, -0.05) is 24.3 Å². The number of aryl methyl sites for hydroxylation is 2. The molecule has 3 aromatic heterocycles. The van der Waals surface area contributed by atoms with Crippen LogP contribution in [0.1, 0.15) is 5.56 Å². The van der Waals surface area contributed by atoms with Gasteiger partial charge in [-0.15, -0.1) is 0 Å². The van der Waals surface area contributed by atoms with E-state index in [0.29, 0.717) is 0 Å². The molecule has 0 fully saturated rings. The number of fused-ring (bicyclic) bond motifs is 3. The Balaban J connectivity index is 1.93. The molecule has 5 rings (SSSR count). The molecule has 0 N–H and O–H groups in total. The number of benzene rings is 2. The Labute approximate surface area is 139 Å². The average Bonchev–Trinajstić information content (AvgIpc) is 3.18. The second-order valence-electron chi connectivity index (χ2n) is 6.24. The van der Waals surface area contributed by atoms with Crippen molar-refractivity contribution in [2.75, 3.05) is 0 Å². The van der Waals surface area contributed by atoms with Gasteiger partial charge in [0.2, 0.25) is 0 Å².